The van der Waals surface area contributed by atoms with E-state index in [4.69, 9.17) is 11.6 Å². The highest BCUT2D eigenvalue weighted by atomic mass is 35.5. The molecule has 1 amide bonds. The van der Waals surface area contributed by atoms with Crippen molar-refractivity contribution in [2.24, 2.45) is 0 Å². The van der Waals surface area contributed by atoms with Crippen LogP contribution in [0.2, 0.25) is 5.02 Å². The quantitative estimate of drug-likeness (QED) is 0.848. The summed E-state index contributed by atoms with van der Waals surface area (Å²) in [5, 5.41) is 12.7. The Labute approximate surface area is 99.4 Å². The van der Waals surface area contributed by atoms with Crippen LogP contribution in [0.3, 0.4) is 0 Å². The highest BCUT2D eigenvalue weighted by molar-refractivity contribution is 6.30. The highest BCUT2D eigenvalue weighted by Gasteiger charge is 2.37. The van der Waals surface area contributed by atoms with Gasteiger partial charge in [-0.05, 0) is 37.5 Å². The van der Waals surface area contributed by atoms with Gasteiger partial charge in [0.1, 0.15) is 0 Å². The lowest BCUT2D eigenvalue weighted by atomic mass is 9.77. The van der Waals surface area contributed by atoms with Gasteiger partial charge in [0.25, 0.3) is 5.91 Å². The van der Waals surface area contributed by atoms with E-state index in [0.717, 1.165) is 19.3 Å². The van der Waals surface area contributed by atoms with Gasteiger partial charge in [0, 0.05) is 10.6 Å². The van der Waals surface area contributed by atoms with Gasteiger partial charge < -0.3 is 10.4 Å². The fourth-order valence-electron chi connectivity index (χ4n) is 1.87. The third-order valence-electron chi connectivity index (χ3n) is 3.08. The third-order valence-corrected chi connectivity index (χ3v) is 3.31. The number of nitrogens with one attached hydrogen (secondary N) is 1. The minimum absolute atomic E-state index is 0.000689. The zero-order chi connectivity index (χ0) is 11.6. The predicted octanol–water partition coefficient (Wildman–Crippen LogP) is 1.98. The summed E-state index contributed by atoms with van der Waals surface area (Å²) in [4.78, 5) is 11.9. The standard InChI is InChI=1S/C12H14ClNO2/c13-10-4-1-3-9(7-10)11(16)14-12(8-15)5-2-6-12/h1,3-4,7,15H,2,5-6,8H2,(H,14,16). The topological polar surface area (TPSA) is 49.3 Å². The Kier molecular flexibility index (Phi) is 3.17. The normalized spacial score (nSPS) is 17.6. The van der Waals surface area contributed by atoms with Crippen LogP contribution < -0.4 is 5.32 Å². The van der Waals surface area contributed by atoms with Crippen molar-refractivity contribution in [2.45, 2.75) is 24.8 Å². The summed E-state index contributed by atoms with van der Waals surface area (Å²) in [7, 11) is 0. The van der Waals surface area contributed by atoms with Crippen LogP contribution in [0, 0.1) is 0 Å². The van der Waals surface area contributed by atoms with Crippen LogP contribution in [-0.4, -0.2) is 23.2 Å². The van der Waals surface area contributed by atoms with Gasteiger partial charge in [0.05, 0.1) is 12.1 Å². The minimum atomic E-state index is -0.403. The molecule has 0 unspecified atom stereocenters. The first-order valence-corrected chi connectivity index (χ1v) is 5.72. The zero-order valence-electron chi connectivity index (χ0n) is 8.87. The van der Waals surface area contributed by atoms with Gasteiger partial charge >= 0.3 is 0 Å². The molecule has 0 saturated heterocycles. The van der Waals surface area contributed by atoms with Gasteiger partial charge in [-0.1, -0.05) is 17.7 Å². The smallest absolute Gasteiger partial charge is 0.251 e. The molecule has 86 valence electrons. The molecule has 4 heteroatoms. The molecule has 0 bridgehead atoms. The number of aliphatic hydroxyl groups excluding tert-OH is 1. The largest absolute Gasteiger partial charge is 0.394 e. The third kappa shape index (κ3) is 2.20. The molecule has 0 aliphatic heterocycles. The lowest BCUT2D eigenvalue weighted by Crippen LogP contribution is -2.56. The van der Waals surface area contributed by atoms with Crippen LogP contribution in [0.4, 0.5) is 0 Å². The predicted molar refractivity (Wildman–Crippen MR) is 62.6 cm³/mol. The molecule has 3 nitrogen and oxygen atoms in total. The fourth-order valence-corrected chi connectivity index (χ4v) is 2.06. The zero-order valence-corrected chi connectivity index (χ0v) is 9.63. The molecule has 0 atom stereocenters. The van der Waals surface area contributed by atoms with Crippen molar-refractivity contribution in [1.29, 1.82) is 0 Å². The molecule has 1 aromatic rings. The molecule has 0 radical (unpaired) electrons. The lowest BCUT2D eigenvalue weighted by Gasteiger charge is -2.40. The Morgan fingerprint density at radius 2 is 2.25 bits per heavy atom. The van der Waals surface area contributed by atoms with Crippen LogP contribution in [0.25, 0.3) is 0 Å². The van der Waals surface area contributed by atoms with Crippen molar-refractivity contribution in [1.82, 2.24) is 5.32 Å². The molecule has 1 aromatic carbocycles. The first kappa shape index (κ1) is 11.4. The monoisotopic (exact) mass is 239 g/mol. The molecule has 2 N–H and O–H groups in total. The first-order valence-electron chi connectivity index (χ1n) is 5.34. The maximum atomic E-state index is 11.9. The van der Waals surface area contributed by atoms with Gasteiger partial charge in [-0.25, -0.2) is 0 Å². The second-order valence-electron chi connectivity index (χ2n) is 4.26. The number of benzene rings is 1. The maximum Gasteiger partial charge on any atom is 0.251 e. The van der Waals surface area contributed by atoms with Crippen LogP contribution in [0.15, 0.2) is 24.3 Å². The molecule has 1 aliphatic carbocycles. The number of carbonyl (C=O) groups excluding carboxylic acids is 1. The summed E-state index contributed by atoms with van der Waals surface area (Å²) in [6, 6.07) is 6.80. The van der Waals surface area contributed by atoms with Crippen LogP contribution in [0.1, 0.15) is 29.6 Å². The maximum absolute atomic E-state index is 11.9. The van der Waals surface area contributed by atoms with Crippen molar-refractivity contribution >= 4 is 17.5 Å². The number of halogens is 1. The molecular formula is C12H14ClNO2. The Morgan fingerprint density at radius 3 is 2.75 bits per heavy atom. The van der Waals surface area contributed by atoms with Gasteiger partial charge in [-0.3, -0.25) is 4.79 Å². The van der Waals surface area contributed by atoms with Gasteiger partial charge in [0.15, 0.2) is 0 Å². The first-order chi connectivity index (χ1) is 7.65. The SMILES string of the molecule is O=C(NC1(CO)CCC1)c1cccc(Cl)c1. The average molecular weight is 240 g/mol. The van der Waals surface area contributed by atoms with E-state index < -0.39 is 5.54 Å². The van der Waals surface area contributed by atoms with E-state index in [2.05, 4.69) is 5.32 Å². The van der Waals surface area contributed by atoms with E-state index in [9.17, 15) is 9.90 Å². The van der Waals surface area contributed by atoms with Gasteiger partial charge in [-0.15, -0.1) is 0 Å². The van der Waals surface area contributed by atoms with E-state index in [1.165, 1.54) is 0 Å². The van der Waals surface area contributed by atoms with E-state index in [-0.39, 0.29) is 12.5 Å². The molecule has 0 spiro atoms. The molecule has 0 heterocycles. The summed E-state index contributed by atoms with van der Waals surface area (Å²) < 4.78 is 0. The molecule has 16 heavy (non-hydrogen) atoms. The van der Waals surface area contributed by atoms with Crippen molar-refractivity contribution in [3.8, 4) is 0 Å². The minimum Gasteiger partial charge on any atom is -0.394 e. The van der Waals surface area contributed by atoms with Crippen LogP contribution in [0.5, 0.6) is 0 Å². The summed E-state index contributed by atoms with van der Waals surface area (Å²) in [5.74, 6) is -0.170. The summed E-state index contributed by atoms with van der Waals surface area (Å²) in [6.45, 7) is -0.000689. The molecule has 1 fully saturated rings. The van der Waals surface area contributed by atoms with Gasteiger partial charge in [0.2, 0.25) is 0 Å². The number of hydrogen-bond donors (Lipinski definition) is 2. The summed E-state index contributed by atoms with van der Waals surface area (Å²) in [6.07, 6.45) is 2.74. The number of hydrogen-bond acceptors (Lipinski definition) is 2. The molecular weight excluding hydrogens is 226 g/mol. The Bertz CT molecular complexity index is 396. The molecule has 1 aliphatic rings. The van der Waals surface area contributed by atoms with Crippen molar-refractivity contribution in [2.75, 3.05) is 6.61 Å². The highest BCUT2D eigenvalue weighted by Crippen LogP contribution is 2.31. The molecule has 0 aromatic heterocycles. The Balaban J connectivity index is 2.08. The van der Waals surface area contributed by atoms with E-state index in [1.54, 1.807) is 24.3 Å². The Morgan fingerprint density at radius 1 is 1.50 bits per heavy atom. The lowest BCUT2D eigenvalue weighted by molar-refractivity contribution is 0.0641. The van der Waals surface area contributed by atoms with Crippen LogP contribution >= 0.6 is 11.6 Å². The molecule has 1 saturated carbocycles. The number of rotatable bonds is 3. The number of aliphatic hydroxyl groups is 1. The second kappa shape index (κ2) is 4.44. The van der Waals surface area contributed by atoms with E-state index >= 15 is 0 Å². The van der Waals surface area contributed by atoms with Crippen LogP contribution in [-0.2, 0) is 0 Å². The summed E-state index contributed by atoms with van der Waals surface area (Å²) >= 11 is 5.81. The van der Waals surface area contributed by atoms with E-state index in [0.29, 0.717) is 10.6 Å². The van der Waals surface area contributed by atoms with Crippen molar-refractivity contribution in [3.05, 3.63) is 34.9 Å². The number of amides is 1. The molecule has 2 rings (SSSR count). The number of carbonyl (C=O) groups is 1. The van der Waals surface area contributed by atoms with Crippen molar-refractivity contribution < 1.29 is 9.90 Å². The average Bonchev–Trinajstić information content (AvgIpc) is 2.23. The van der Waals surface area contributed by atoms with Crippen molar-refractivity contribution in [3.63, 3.8) is 0 Å². The van der Waals surface area contributed by atoms with Gasteiger partial charge in [-0.2, -0.15) is 0 Å². The Hall–Kier alpha value is -1.06. The summed E-state index contributed by atoms with van der Waals surface area (Å²) in [5.41, 5.74) is 0.131. The van der Waals surface area contributed by atoms with E-state index in [1.807, 2.05) is 0 Å². The second-order valence-corrected chi connectivity index (χ2v) is 4.69. The fraction of sp³-hybridized carbons (Fsp3) is 0.417.